The molecule has 27 heavy (non-hydrogen) atoms. The summed E-state index contributed by atoms with van der Waals surface area (Å²) in [6.07, 6.45) is -10.1. The molecule has 2 aromatic carbocycles. The fourth-order valence-electron chi connectivity index (χ4n) is 2.27. The second-order valence-electron chi connectivity index (χ2n) is 5.45. The molecule has 1 heterocycles. The Hall–Kier alpha value is -2.62. The minimum Gasteiger partial charge on any atom is -0.455 e. The summed E-state index contributed by atoms with van der Waals surface area (Å²) in [6.45, 7) is -0.365. The van der Waals surface area contributed by atoms with E-state index in [0.717, 1.165) is 4.70 Å². The van der Waals surface area contributed by atoms with Gasteiger partial charge in [-0.15, -0.1) is 11.3 Å². The maximum atomic E-state index is 12.8. The fourth-order valence-corrected chi connectivity index (χ4v) is 3.15. The van der Waals surface area contributed by atoms with Crippen molar-refractivity contribution in [1.29, 1.82) is 0 Å². The Bertz CT molecular complexity index is 928. The number of ether oxygens (including phenoxy) is 1. The number of hydrogen-bond donors (Lipinski definition) is 0. The van der Waals surface area contributed by atoms with Gasteiger partial charge < -0.3 is 4.74 Å². The largest absolute Gasteiger partial charge is 0.455 e. The average Bonchev–Trinajstić information content (AvgIpc) is 3.00. The predicted molar refractivity (Wildman–Crippen MR) is 85.2 cm³/mol. The molecule has 0 aliphatic rings. The molecule has 0 aliphatic carbocycles. The molecule has 0 unspecified atom stereocenters. The Morgan fingerprint density at radius 2 is 1.56 bits per heavy atom. The van der Waals surface area contributed by atoms with Crippen molar-refractivity contribution in [2.75, 3.05) is 0 Å². The van der Waals surface area contributed by atoms with E-state index in [-0.39, 0.29) is 12.7 Å². The number of para-hydroxylation sites is 1. The number of esters is 1. The third-order valence-corrected chi connectivity index (χ3v) is 4.50. The zero-order valence-electron chi connectivity index (χ0n) is 13.2. The molecule has 3 nitrogen and oxygen atoms in total. The van der Waals surface area contributed by atoms with Crippen LogP contribution >= 0.6 is 11.3 Å². The summed E-state index contributed by atoms with van der Waals surface area (Å²) in [5.41, 5.74) is -3.35. The molecule has 142 valence electrons. The number of thiazole rings is 1. The molecule has 0 N–H and O–H groups in total. The molecule has 0 saturated heterocycles. The van der Waals surface area contributed by atoms with Crippen LogP contribution in [0.4, 0.5) is 26.3 Å². The highest BCUT2D eigenvalue weighted by Crippen LogP contribution is 2.36. The van der Waals surface area contributed by atoms with Crippen LogP contribution in [0.3, 0.4) is 0 Å². The van der Waals surface area contributed by atoms with Crippen LogP contribution in [0.15, 0.2) is 42.5 Å². The molecule has 0 atom stereocenters. The average molecular weight is 405 g/mol. The fraction of sp³-hybridized carbons (Fsp3) is 0.176. The number of nitrogens with zero attached hydrogens (tertiary/aromatic N) is 1. The van der Waals surface area contributed by atoms with E-state index >= 15 is 0 Å². The van der Waals surface area contributed by atoms with E-state index in [1.54, 1.807) is 24.3 Å². The number of fused-ring (bicyclic) bond motifs is 1. The first-order valence-corrected chi connectivity index (χ1v) is 8.17. The topological polar surface area (TPSA) is 39.2 Å². The van der Waals surface area contributed by atoms with Crippen LogP contribution in [0.1, 0.15) is 26.5 Å². The first-order valence-electron chi connectivity index (χ1n) is 7.35. The third-order valence-electron chi connectivity index (χ3n) is 3.49. The van der Waals surface area contributed by atoms with Gasteiger partial charge in [-0.3, -0.25) is 0 Å². The number of hydrogen-bond acceptors (Lipinski definition) is 4. The number of carbonyl (C=O) groups excluding carboxylic acids is 1. The van der Waals surface area contributed by atoms with Crippen molar-refractivity contribution in [3.8, 4) is 0 Å². The van der Waals surface area contributed by atoms with Gasteiger partial charge >= 0.3 is 18.3 Å². The van der Waals surface area contributed by atoms with Crippen molar-refractivity contribution in [1.82, 2.24) is 4.98 Å². The van der Waals surface area contributed by atoms with Gasteiger partial charge in [-0.25, -0.2) is 9.78 Å². The van der Waals surface area contributed by atoms with Crippen molar-refractivity contribution in [2.24, 2.45) is 0 Å². The Morgan fingerprint density at radius 3 is 2.11 bits per heavy atom. The predicted octanol–water partition coefficient (Wildman–Crippen LogP) is 5.69. The quantitative estimate of drug-likeness (QED) is 0.415. The maximum Gasteiger partial charge on any atom is 0.416 e. The summed E-state index contributed by atoms with van der Waals surface area (Å²) < 4.78 is 82.7. The number of aromatic nitrogens is 1. The lowest BCUT2D eigenvalue weighted by molar-refractivity contribution is -0.143. The van der Waals surface area contributed by atoms with Crippen LogP contribution in [0.25, 0.3) is 10.2 Å². The summed E-state index contributed by atoms with van der Waals surface area (Å²) in [7, 11) is 0. The van der Waals surface area contributed by atoms with Gasteiger partial charge in [0.25, 0.3) is 0 Å². The lowest BCUT2D eigenvalue weighted by Crippen LogP contribution is -2.14. The lowest BCUT2D eigenvalue weighted by atomic mass is 10.0. The number of carbonyl (C=O) groups is 1. The SMILES string of the molecule is O=C(OCc1nc2ccccc2s1)c1cc(C(F)(F)F)cc(C(F)(F)F)c1. The normalized spacial score (nSPS) is 12.4. The number of halogens is 6. The van der Waals surface area contributed by atoms with E-state index in [9.17, 15) is 31.1 Å². The van der Waals surface area contributed by atoms with Gasteiger partial charge in [-0.2, -0.15) is 26.3 Å². The molecular weight excluding hydrogens is 396 g/mol. The standard InChI is InChI=1S/C17H9F6NO2S/c18-16(19,20)10-5-9(6-11(7-10)17(21,22)23)15(25)26-8-14-24-12-3-1-2-4-13(12)27-14/h1-7H,8H2. The van der Waals surface area contributed by atoms with Crippen LogP contribution in [0, 0.1) is 0 Å². The van der Waals surface area contributed by atoms with Crippen LogP contribution in [-0.4, -0.2) is 11.0 Å². The van der Waals surface area contributed by atoms with E-state index in [2.05, 4.69) is 4.98 Å². The molecule has 1 aromatic heterocycles. The van der Waals surface area contributed by atoms with Crippen LogP contribution in [0.5, 0.6) is 0 Å². The highest BCUT2D eigenvalue weighted by molar-refractivity contribution is 7.18. The zero-order valence-corrected chi connectivity index (χ0v) is 14.0. The van der Waals surface area contributed by atoms with Gasteiger partial charge in [-0.1, -0.05) is 12.1 Å². The second kappa shape index (κ2) is 6.84. The van der Waals surface area contributed by atoms with Gasteiger partial charge in [0, 0.05) is 0 Å². The number of benzene rings is 2. The summed E-state index contributed by atoms with van der Waals surface area (Å²) in [4.78, 5) is 16.2. The minimum absolute atomic E-state index is 0.0513. The second-order valence-corrected chi connectivity index (χ2v) is 6.56. The van der Waals surface area contributed by atoms with E-state index in [1.165, 1.54) is 11.3 Å². The van der Waals surface area contributed by atoms with E-state index in [0.29, 0.717) is 22.7 Å². The smallest absolute Gasteiger partial charge is 0.416 e. The van der Waals surface area contributed by atoms with Gasteiger partial charge in [0.05, 0.1) is 26.9 Å². The summed E-state index contributed by atoms with van der Waals surface area (Å²) in [5.74, 6) is -1.30. The van der Waals surface area contributed by atoms with Crippen LogP contribution < -0.4 is 0 Å². The molecule has 0 amide bonds. The summed E-state index contributed by atoms with van der Waals surface area (Å²) >= 11 is 1.20. The van der Waals surface area contributed by atoms with Crippen molar-refractivity contribution in [2.45, 2.75) is 19.0 Å². The molecule has 0 bridgehead atoms. The molecule has 0 spiro atoms. The Morgan fingerprint density at radius 1 is 0.963 bits per heavy atom. The molecule has 10 heteroatoms. The minimum atomic E-state index is -5.04. The van der Waals surface area contributed by atoms with Gasteiger partial charge in [0.15, 0.2) is 0 Å². The van der Waals surface area contributed by atoms with Crippen molar-refractivity contribution >= 4 is 27.5 Å². The summed E-state index contributed by atoms with van der Waals surface area (Å²) in [5, 5.41) is 0.368. The number of alkyl halides is 6. The molecular formula is C17H9F6NO2S. The van der Waals surface area contributed by atoms with Gasteiger partial charge in [0.1, 0.15) is 11.6 Å². The summed E-state index contributed by atoms with van der Waals surface area (Å²) in [6, 6.07) is 7.63. The first-order chi connectivity index (χ1) is 12.5. The molecule has 0 fully saturated rings. The highest BCUT2D eigenvalue weighted by atomic mass is 32.1. The van der Waals surface area contributed by atoms with Crippen molar-refractivity contribution in [3.05, 3.63) is 64.2 Å². The first kappa shape index (κ1) is 19.2. The Kier molecular flexibility index (Phi) is 4.85. The Balaban J connectivity index is 1.84. The molecule has 0 saturated carbocycles. The van der Waals surface area contributed by atoms with Crippen LogP contribution in [0.2, 0.25) is 0 Å². The third kappa shape index (κ3) is 4.38. The lowest BCUT2D eigenvalue weighted by Gasteiger charge is -2.13. The molecule has 3 aromatic rings. The monoisotopic (exact) mass is 405 g/mol. The van der Waals surface area contributed by atoms with Gasteiger partial charge in [-0.05, 0) is 30.3 Å². The molecule has 0 radical (unpaired) electrons. The molecule has 0 aliphatic heterocycles. The van der Waals surface area contributed by atoms with Crippen molar-refractivity contribution < 1.29 is 35.9 Å². The van der Waals surface area contributed by atoms with Gasteiger partial charge in [0.2, 0.25) is 0 Å². The Labute approximate surface area is 152 Å². The van der Waals surface area contributed by atoms with Crippen molar-refractivity contribution in [3.63, 3.8) is 0 Å². The van der Waals surface area contributed by atoms with E-state index in [4.69, 9.17) is 4.74 Å². The van der Waals surface area contributed by atoms with E-state index < -0.39 is 35.0 Å². The number of rotatable bonds is 3. The molecule has 3 rings (SSSR count). The van der Waals surface area contributed by atoms with Crippen LogP contribution in [-0.2, 0) is 23.7 Å². The highest BCUT2D eigenvalue weighted by Gasteiger charge is 2.37. The maximum absolute atomic E-state index is 12.8. The van der Waals surface area contributed by atoms with E-state index in [1.807, 2.05) is 0 Å². The zero-order chi connectivity index (χ0) is 19.8.